The minimum absolute atomic E-state index is 0.247. The number of carboxylic acid groups (broad SMARTS) is 1. The van der Waals surface area contributed by atoms with Crippen LogP contribution in [0.5, 0.6) is 0 Å². The second kappa shape index (κ2) is 5.96. The first-order chi connectivity index (χ1) is 4.77. The van der Waals surface area contributed by atoms with Crippen LogP contribution in [-0.4, -0.2) is 17.9 Å². The summed E-state index contributed by atoms with van der Waals surface area (Å²) in [5, 5.41) is 8.01. The van der Waals surface area contributed by atoms with Crippen molar-refractivity contribution in [2.45, 2.75) is 19.3 Å². The number of hydrogen-bond donors (Lipinski definition) is 1. The van der Waals surface area contributed by atoms with Crippen molar-refractivity contribution in [3.63, 3.8) is 0 Å². The van der Waals surface area contributed by atoms with E-state index in [9.17, 15) is 4.79 Å². The van der Waals surface area contributed by atoms with Crippen molar-refractivity contribution in [3.05, 3.63) is 0 Å². The van der Waals surface area contributed by atoms with Gasteiger partial charge in [-0.05, 0) is 12.8 Å². The molecule has 0 unspecified atom stereocenters. The van der Waals surface area contributed by atoms with Crippen LogP contribution in [0.25, 0.3) is 0 Å². The maximum atomic E-state index is 9.77. The van der Waals surface area contributed by atoms with E-state index < -0.39 is 6.16 Å². The highest BCUT2D eigenvalue weighted by Crippen LogP contribution is 1.93. The van der Waals surface area contributed by atoms with Gasteiger partial charge in [0.1, 0.15) is 0 Å². The first kappa shape index (κ1) is 8.83. The zero-order chi connectivity index (χ0) is 7.82. The fourth-order valence-corrected chi connectivity index (χ4v) is 0.489. The lowest BCUT2D eigenvalue weighted by atomic mass is 10.2. The number of unbranched alkanes of at least 4 members (excludes halogenated alkanes) is 2. The fourth-order valence-electron chi connectivity index (χ4n) is 0.489. The third-order valence-electron chi connectivity index (χ3n) is 0.941. The summed E-state index contributed by atoms with van der Waals surface area (Å²) in [6, 6.07) is 0. The smallest absolute Gasteiger partial charge is 0.450 e. The number of hydrogen-bond acceptors (Lipinski definition) is 2. The summed E-state index contributed by atoms with van der Waals surface area (Å²) in [6.45, 7) is 0.247. The van der Waals surface area contributed by atoms with E-state index in [-0.39, 0.29) is 6.61 Å². The molecule has 0 aromatic heterocycles. The molecule has 0 fully saturated rings. The van der Waals surface area contributed by atoms with E-state index in [1.807, 2.05) is 0 Å². The lowest BCUT2D eigenvalue weighted by molar-refractivity contribution is 0.0902. The number of ether oxygens (including phenoxy) is 1. The Labute approximate surface area is 60.0 Å². The molecule has 0 amide bonds. The molecular weight excluding hydrogens is 132 g/mol. The third-order valence-corrected chi connectivity index (χ3v) is 0.941. The van der Waals surface area contributed by atoms with Crippen molar-refractivity contribution >= 4 is 6.16 Å². The lowest BCUT2D eigenvalue weighted by Crippen LogP contribution is -2.01. The first-order valence-corrected chi connectivity index (χ1v) is 3.06. The maximum Gasteiger partial charge on any atom is 0.505 e. The van der Waals surface area contributed by atoms with Gasteiger partial charge >= 0.3 is 6.16 Å². The Morgan fingerprint density at radius 1 is 1.60 bits per heavy atom. The predicted molar refractivity (Wildman–Crippen MR) is 36.7 cm³/mol. The molecule has 0 rings (SSSR count). The van der Waals surface area contributed by atoms with Crippen molar-refractivity contribution in [2.24, 2.45) is 0 Å². The Hall–Kier alpha value is -1.17. The molecule has 0 radical (unpaired) electrons. The van der Waals surface area contributed by atoms with Crippen LogP contribution < -0.4 is 0 Å². The van der Waals surface area contributed by atoms with Gasteiger partial charge in [0.2, 0.25) is 0 Å². The molecule has 0 aromatic carbocycles. The van der Waals surface area contributed by atoms with Crippen molar-refractivity contribution in [1.29, 1.82) is 0 Å². The molecule has 0 aliphatic heterocycles. The summed E-state index contributed by atoms with van der Waals surface area (Å²) < 4.78 is 4.24. The highest BCUT2D eigenvalue weighted by molar-refractivity contribution is 5.56. The summed E-state index contributed by atoms with van der Waals surface area (Å²) in [7, 11) is 0. The number of carbonyl (C=O) groups is 1. The number of rotatable bonds is 4. The molecule has 0 saturated heterocycles. The fraction of sp³-hybridized carbons (Fsp3) is 0.571. The Kier molecular flexibility index (Phi) is 5.26. The van der Waals surface area contributed by atoms with Gasteiger partial charge in [0.05, 0.1) is 6.61 Å². The average molecular weight is 142 g/mol. The Morgan fingerprint density at radius 3 is 2.80 bits per heavy atom. The van der Waals surface area contributed by atoms with E-state index in [0.29, 0.717) is 12.8 Å². The minimum Gasteiger partial charge on any atom is -0.450 e. The number of terminal acetylenes is 1. The van der Waals surface area contributed by atoms with Crippen LogP contribution in [0.2, 0.25) is 0 Å². The van der Waals surface area contributed by atoms with Gasteiger partial charge in [0, 0.05) is 6.42 Å². The SMILES string of the molecule is C#CCCCCOC(=O)O. The van der Waals surface area contributed by atoms with E-state index in [1.54, 1.807) is 0 Å². The van der Waals surface area contributed by atoms with Gasteiger partial charge < -0.3 is 9.84 Å². The lowest BCUT2D eigenvalue weighted by Gasteiger charge is -1.96. The van der Waals surface area contributed by atoms with Crippen molar-refractivity contribution in [2.75, 3.05) is 6.61 Å². The summed E-state index contributed by atoms with van der Waals surface area (Å²) in [4.78, 5) is 9.77. The largest absolute Gasteiger partial charge is 0.505 e. The highest BCUT2D eigenvalue weighted by atomic mass is 16.7. The normalized spacial score (nSPS) is 8.30. The zero-order valence-corrected chi connectivity index (χ0v) is 5.67. The second-order valence-corrected chi connectivity index (χ2v) is 1.78. The van der Waals surface area contributed by atoms with Crippen molar-refractivity contribution < 1.29 is 14.6 Å². The molecule has 1 N–H and O–H groups in total. The van der Waals surface area contributed by atoms with Crippen LogP contribution in [0.4, 0.5) is 4.79 Å². The molecule has 0 aromatic rings. The topological polar surface area (TPSA) is 46.5 Å². The molecule has 0 spiro atoms. The van der Waals surface area contributed by atoms with Crippen LogP contribution in [0.3, 0.4) is 0 Å². The Bertz CT molecular complexity index is 134. The van der Waals surface area contributed by atoms with E-state index in [1.165, 1.54) is 0 Å². The molecule has 0 atom stereocenters. The van der Waals surface area contributed by atoms with Crippen molar-refractivity contribution in [1.82, 2.24) is 0 Å². The molecule has 0 saturated carbocycles. The third kappa shape index (κ3) is 6.83. The predicted octanol–water partition coefficient (Wildman–Crippen LogP) is 1.48. The van der Waals surface area contributed by atoms with Gasteiger partial charge in [-0.2, -0.15) is 0 Å². The van der Waals surface area contributed by atoms with E-state index in [4.69, 9.17) is 11.5 Å². The average Bonchev–Trinajstić information content (AvgIpc) is 1.87. The van der Waals surface area contributed by atoms with Gasteiger partial charge in [-0.1, -0.05) is 0 Å². The monoisotopic (exact) mass is 142 g/mol. The quantitative estimate of drug-likeness (QED) is 0.367. The summed E-state index contributed by atoms with van der Waals surface area (Å²) >= 11 is 0. The van der Waals surface area contributed by atoms with Crippen LogP contribution in [0.15, 0.2) is 0 Å². The standard InChI is InChI=1S/C7H10O3/c1-2-3-4-5-6-10-7(8)9/h1H,3-6H2,(H,8,9). The first-order valence-electron chi connectivity index (χ1n) is 3.06. The molecule has 0 aliphatic rings. The molecule has 3 nitrogen and oxygen atoms in total. The van der Waals surface area contributed by atoms with Gasteiger partial charge in [-0.15, -0.1) is 12.3 Å². The minimum atomic E-state index is -1.22. The Balaban J connectivity index is 2.92. The van der Waals surface area contributed by atoms with E-state index in [0.717, 1.165) is 6.42 Å². The van der Waals surface area contributed by atoms with Gasteiger partial charge in [-0.3, -0.25) is 0 Å². The highest BCUT2D eigenvalue weighted by Gasteiger charge is 1.93. The van der Waals surface area contributed by atoms with Crippen LogP contribution in [0, 0.1) is 12.3 Å². The van der Waals surface area contributed by atoms with Gasteiger partial charge in [0.25, 0.3) is 0 Å². The van der Waals surface area contributed by atoms with Crippen molar-refractivity contribution in [3.8, 4) is 12.3 Å². The summed E-state index contributed by atoms with van der Waals surface area (Å²) in [5.41, 5.74) is 0. The summed E-state index contributed by atoms with van der Waals surface area (Å²) in [6.07, 6.45) is 5.95. The molecule has 0 bridgehead atoms. The zero-order valence-electron chi connectivity index (χ0n) is 5.67. The second-order valence-electron chi connectivity index (χ2n) is 1.78. The van der Waals surface area contributed by atoms with Gasteiger partial charge in [-0.25, -0.2) is 4.79 Å². The Morgan fingerprint density at radius 2 is 2.30 bits per heavy atom. The van der Waals surface area contributed by atoms with E-state index >= 15 is 0 Å². The van der Waals surface area contributed by atoms with Crippen LogP contribution in [0.1, 0.15) is 19.3 Å². The molecule has 0 aliphatic carbocycles. The van der Waals surface area contributed by atoms with Crippen LogP contribution in [-0.2, 0) is 4.74 Å². The molecule has 3 heteroatoms. The van der Waals surface area contributed by atoms with E-state index in [2.05, 4.69) is 10.7 Å². The maximum absolute atomic E-state index is 9.77. The molecule has 56 valence electrons. The molecular formula is C7H10O3. The summed E-state index contributed by atoms with van der Waals surface area (Å²) in [5.74, 6) is 2.45. The van der Waals surface area contributed by atoms with Gasteiger partial charge in [0.15, 0.2) is 0 Å². The van der Waals surface area contributed by atoms with Crippen LogP contribution >= 0.6 is 0 Å². The molecule has 0 heterocycles. The molecule has 10 heavy (non-hydrogen) atoms.